The summed E-state index contributed by atoms with van der Waals surface area (Å²) in [7, 11) is -1.83. The zero-order chi connectivity index (χ0) is 40.9. The van der Waals surface area contributed by atoms with Gasteiger partial charge in [0.2, 0.25) is 23.6 Å². The van der Waals surface area contributed by atoms with E-state index in [0.717, 1.165) is 0 Å². The van der Waals surface area contributed by atoms with Crippen molar-refractivity contribution in [2.24, 2.45) is 16.2 Å². The molecule has 0 radical (unpaired) electrons. The number of methoxy groups -OCH3 is 2. The molecule has 18 nitrogen and oxygen atoms in total. The van der Waals surface area contributed by atoms with E-state index in [4.69, 9.17) is 0 Å². The minimum atomic E-state index is -4.24. The van der Waals surface area contributed by atoms with Gasteiger partial charge in [-0.1, -0.05) is 27.7 Å². The second kappa shape index (κ2) is 17.4. The molecule has 0 aliphatic carbocycles. The molecule has 19 heteroatoms. The van der Waals surface area contributed by atoms with Crippen LogP contribution in [0.3, 0.4) is 0 Å². The van der Waals surface area contributed by atoms with Gasteiger partial charge < -0.3 is 45.9 Å². The zero-order valence-electron chi connectivity index (χ0n) is 32.1. The number of nitrogens with one attached hydrogen (secondary N) is 5. The van der Waals surface area contributed by atoms with Crippen molar-refractivity contribution in [2.75, 3.05) is 43.3 Å². The Balaban J connectivity index is 1.23. The summed E-state index contributed by atoms with van der Waals surface area (Å²) in [5, 5.41) is 13.7. The lowest BCUT2D eigenvalue weighted by molar-refractivity contribution is -0.139. The average Bonchev–Trinajstić information content (AvgIpc) is 3.86. The van der Waals surface area contributed by atoms with E-state index in [0.29, 0.717) is 50.0 Å². The van der Waals surface area contributed by atoms with E-state index in [1.54, 1.807) is 52.0 Å². The van der Waals surface area contributed by atoms with Crippen molar-refractivity contribution in [3.63, 3.8) is 0 Å². The van der Waals surface area contributed by atoms with Crippen LogP contribution in [0.5, 0.6) is 0 Å². The first-order chi connectivity index (χ1) is 26.5. The number of ether oxygens (including phenoxy) is 2. The fourth-order valence-corrected chi connectivity index (χ4v) is 8.05. The largest absolute Gasteiger partial charge is 0.453 e. The molecule has 2 aromatic rings. The van der Waals surface area contributed by atoms with E-state index >= 15 is 0 Å². The Morgan fingerprint density at radius 1 is 0.732 bits per heavy atom. The number of benzene rings is 2. The molecule has 0 spiro atoms. The van der Waals surface area contributed by atoms with Crippen LogP contribution in [0.4, 0.5) is 26.7 Å². The highest BCUT2D eigenvalue weighted by atomic mass is 32.2. The molecule has 2 saturated heterocycles. The number of rotatable bonds is 11. The van der Waals surface area contributed by atoms with Crippen LogP contribution in [0.15, 0.2) is 51.8 Å². The number of fused-ring (bicyclic) bond motifs is 1. The Morgan fingerprint density at radius 2 is 1.20 bits per heavy atom. The van der Waals surface area contributed by atoms with Crippen LogP contribution < -0.4 is 26.6 Å². The third-order valence-corrected chi connectivity index (χ3v) is 11.2. The summed E-state index contributed by atoms with van der Waals surface area (Å²) in [6.07, 6.45) is 0.498. The molecule has 5 rings (SSSR count). The van der Waals surface area contributed by atoms with Crippen LogP contribution in [-0.2, 0) is 38.7 Å². The van der Waals surface area contributed by atoms with Gasteiger partial charge in [0.05, 0.1) is 19.9 Å². The molecule has 0 aromatic heterocycles. The molecule has 3 heterocycles. The van der Waals surface area contributed by atoms with Gasteiger partial charge in [0.15, 0.2) is 5.84 Å². The zero-order valence-corrected chi connectivity index (χ0v) is 32.9. The van der Waals surface area contributed by atoms with Gasteiger partial charge in [0, 0.05) is 30.0 Å². The SMILES string of the molecule is COC(=O)NC(C(=O)N1CCCC1C(=O)Nc1ccc(C2=NS(=O)(=O)c3cc(NC(=O)C4CCCN4C(=O)C(NC(=O)OC)C(C)C)ccc3N2)cc1)C(C)C. The van der Waals surface area contributed by atoms with Gasteiger partial charge in [-0.05, 0) is 80.0 Å². The fraction of sp³-hybridized carbons (Fsp3) is 0.486. The van der Waals surface area contributed by atoms with Crippen molar-refractivity contribution in [1.82, 2.24) is 20.4 Å². The maximum Gasteiger partial charge on any atom is 0.407 e. The van der Waals surface area contributed by atoms with E-state index in [1.165, 1.54) is 42.2 Å². The number of carbonyl (C=O) groups is 6. The molecular formula is C37H48N8O10S. The lowest BCUT2D eigenvalue weighted by Gasteiger charge is -2.30. The minimum absolute atomic E-state index is 0.0398. The highest BCUT2D eigenvalue weighted by Crippen LogP contribution is 2.32. The van der Waals surface area contributed by atoms with Crippen LogP contribution in [0.1, 0.15) is 58.9 Å². The standard InChI is InChI=1S/C37H48N8O10S/c1-20(2)29(41-36(50)54-5)34(48)44-17-7-9-26(44)32(46)38-23-13-11-22(12-14-23)31-40-25-16-15-24(19-28(25)56(52,53)43-31)39-33(47)27-10-8-18-45(27)35(49)30(21(3)4)42-37(51)55-6/h11-16,19-21,26-27,29-30H,7-10,17-18H2,1-6H3,(H,38,46)(H,39,47)(H,40,43)(H,41,50)(H,42,51). The topological polar surface area (TPSA) is 234 Å². The number of hydrogen-bond acceptors (Lipinski definition) is 11. The first-order valence-electron chi connectivity index (χ1n) is 18.3. The Kier molecular flexibility index (Phi) is 12.9. The van der Waals surface area contributed by atoms with E-state index in [1.807, 2.05) is 0 Å². The minimum Gasteiger partial charge on any atom is -0.453 e. The van der Waals surface area contributed by atoms with E-state index in [2.05, 4.69) is 40.5 Å². The second-order valence-electron chi connectivity index (χ2n) is 14.4. The smallest absolute Gasteiger partial charge is 0.407 e. The molecule has 0 bridgehead atoms. The third-order valence-electron chi connectivity index (χ3n) is 9.88. The van der Waals surface area contributed by atoms with E-state index < -0.39 is 64.1 Å². The number of amidine groups is 1. The predicted molar refractivity (Wildman–Crippen MR) is 205 cm³/mol. The molecule has 4 atom stereocenters. The quantitative estimate of drug-likeness (QED) is 0.222. The second-order valence-corrected chi connectivity index (χ2v) is 16.0. The molecule has 3 aliphatic heterocycles. The number of amides is 6. The number of anilines is 3. The molecule has 3 aliphatic rings. The summed E-state index contributed by atoms with van der Waals surface area (Å²) in [6.45, 7) is 7.77. The number of nitrogens with zero attached hydrogens (tertiary/aromatic N) is 3. The molecule has 2 aromatic carbocycles. The Labute approximate surface area is 325 Å². The summed E-state index contributed by atoms with van der Waals surface area (Å²) in [4.78, 5) is 79.9. The Hall–Kier alpha value is -5.72. The van der Waals surface area contributed by atoms with Crippen molar-refractivity contribution >= 4 is 68.7 Å². The lowest BCUT2D eigenvalue weighted by Crippen LogP contribution is -2.54. The van der Waals surface area contributed by atoms with Crippen LogP contribution >= 0.6 is 0 Å². The molecule has 302 valence electrons. The van der Waals surface area contributed by atoms with Crippen LogP contribution in [0.2, 0.25) is 0 Å². The summed E-state index contributed by atoms with van der Waals surface area (Å²) >= 11 is 0. The van der Waals surface area contributed by atoms with Crippen molar-refractivity contribution < 1.29 is 46.7 Å². The molecule has 6 amide bonds. The van der Waals surface area contributed by atoms with Crippen LogP contribution in [0, 0.1) is 11.8 Å². The Morgan fingerprint density at radius 3 is 1.66 bits per heavy atom. The average molecular weight is 797 g/mol. The third kappa shape index (κ3) is 9.21. The van der Waals surface area contributed by atoms with Crippen molar-refractivity contribution in [1.29, 1.82) is 0 Å². The van der Waals surface area contributed by atoms with E-state index in [9.17, 15) is 37.2 Å². The number of sulfonamides is 1. The van der Waals surface area contributed by atoms with Gasteiger partial charge in [-0.2, -0.15) is 8.42 Å². The van der Waals surface area contributed by atoms with Crippen molar-refractivity contribution in [2.45, 2.75) is 82.4 Å². The van der Waals surface area contributed by atoms with Gasteiger partial charge in [-0.15, -0.1) is 4.40 Å². The molecule has 0 saturated carbocycles. The van der Waals surface area contributed by atoms with Crippen LogP contribution in [-0.4, -0.2) is 111 Å². The van der Waals surface area contributed by atoms with E-state index in [-0.39, 0.29) is 39.8 Å². The normalized spacial score (nSPS) is 19.5. The maximum absolute atomic E-state index is 13.4. The Bertz CT molecular complexity index is 2000. The van der Waals surface area contributed by atoms with Crippen molar-refractivity contribution in [3.8, 4) is 0 Å². The monoisotopic (exact) mass is 796 g/mol. The summed E-state index contributed by atoms with van der Waals surface area (Å²) < 4.78 is 40.1. The maximum atomic E-state index is 13.4. The van der Waals surface area contributed by atoms with Gasteiger partial charge in [0.25, 0.3) is 10.0 Å². The summed E-state index contributed by atoms with van der Waals surface area (Å²) in [5.74, 6) is -2.19. The van der Waals surface area contributed by atoms with Gasteiger partial charge in [-0.3, -0.25) is 19.2 Å². The van der Waals surface area contributed by atoms with Crippen LogP contribution in [0.25, 0.3) is 0 Å². The molecule has 2 fully saturated rings. The number of alkyl carbamates (subject to hydrolysis) is 2. The molecule has 4 unspecified atom stereocenters. The van der Waals surface area contributed by atoms with Gasteiger partial charge in [-0.25, -0.2) is 9.59 Å². The predicted octanol–water partition coefficient (Wildman–Crippen LogP) is 2.87. The highest BCUT2D eigenvalue weighted by Gasteiger charge is 2.40. The number of carbonyl (C=O) groups excluding carboxylic acids is 6. The van der Waals surface area contributed by atoms with Gasteiger partial charge >= 0.3 is 12.2 Å². The number of hydrogen-bond donors (Lipinski definition) is 5. The molecule has 5 N–H and O–H groups in total. The first kappa shape index (κ1) is 41.4. The molecular weight excluding hydrogens is 749 g/mol. The first-order valence-corrected chi connectivity index (χ1v) is 19.8. The summed E-state index contributed by atoms with van der Waals surface area (Å²) in [5.41, 5.74) is 1.23. The highest BCUT2D eigenvalue weighted by molar-refractivity contribution is 7.90. The van der Waals surface area contributed by atoms with Gasteiger partial charge in [0.1, 0.15) is 29.1 Å². The molecule has 56 heavy (non-hydrogen) atoms. The lowest BCUT2D eigenvalue weighted by atomic mass is 10.0. The summed E-state index contributed by atoms with van der Waals surface area (Å²) in [6, 6.07) is 7.30. The number of likely N-dealkylation sites (tertiary alicyclic amines) is 2. The van der Waals surface area contributed by atoms with Crippen molar-refractivity contribution in [3.05, 3.63) is 48.0 Å². The fourth-order valence-electron chi connectivity index (χ4n) is 6.89.